The Balaban J connectivity index is 3.06. The van der Waals surface area contributed by atoms with Crippen molar-refractivity contribution in [3.63, 3.8) is 0 Å². The fourth-order valence-corrected chi connectivity index (χ4v) is 1.02. The number of benzene rings is 1. The lowest BCUT2D eigenvalue weighted by Crippen LogP contribution is -2.04. The van der Waals surface area contributed by atoms with Crippen LogP contribution >= 0.6 is 0 Å². The molecule has 0 fully saturated rings. The van der Waals surface area contributed by atoms with E-state index in [1.54, 1.807) is 31.2 Å². The number of nitrogens with zero attached hydrogens (tertiary/aromatic N) is 3. The summed E-state index contributed by atoms with van der Waals surface area (Å²) in [4.78, 5) is 2.68. The average Bonchev–Trinajstić information content (AvgIpc) is 2.19. The Bertz CT molecular complexity index is 382. The topological polar surface area (TPSA) is 81.8 Å². The summed E-state index contributed by atoms with van der Waals surface area (Å²) in [5.41, 5.74) is 9.22. The van der Waals surface area contributed by atoms with E-state index in [0.717, 1.165) is 0 Å². The highest BCUT2D eigenvalue weighted by Gasteiger charge is 2.05. The normalized spacial score (nSPS) is 8.93. The molecule has 5 nitrogen and oxygen atoms in total. The van der Waals surface area contributed by atoms with Crippen LogP contribution in [-0.2, 0) is 4.74 Å². The molecule has 0 unspecified atom stereocenters. The predicted octanol–water partition coefficient (Wildman–Crippen LogP) is 2.99. The largest absolute Gasteiger partial charge is 0.478 e. The fraction of sp³-hybridized carbons (Fsp3) is 0.222. The number of azide groups is 1. The van der Waals surface area contributed by atoms with Crippen LogP contribution in [0, 0.1) is 5.41 Å². The summed E-state index contributed by atoms with van der Waals surface area (Å²) < 4.78 is 5.01. The van der Waals surface area contributed by atoms with Crippen LogP contribution in [0.25, 0.3) is 10.4 Å². The highest BCUT2D eigenvalue weighted by Crippen LogP contribution is 2.19. The lowest BCUT2D eigenvalue weighted by atomic mass is 10.2. The monoisotopic (exact) mass is 190 g/mol. The summed E-state index contributed by atoms with van der Waals surface area (Å²) >= 11 is 0. The molecule has 0 amide bonds. The Hall–Kier alpha value is -2.00. The Kier molecular flexibility index (Phi) is 3.52. The van der Waals surface area contributed by atoms with Crippen LogP contribution in [0.3, 0.4) is 0 Å². The van der Waals surface area contributed by atoms with Crippen LogP contribution in [0.2, 0.25) is 0 Å². The number of hydrogen-bond donors (Lipinski definition) is 1. The van der Waals surface area contributed by atoms with Crippen molar-refractivity contribution in [1.82, 2.24) is 0 Å². The van der Waals surface area contributed by atoms with Gasteiger partial charge in [-0.15, -0.1) is 0 Å². The molecule has 0 aliphatic carbocycles. The summed E-state index contributed by atoms with van der Waals surface area (Å²) in [7, 11) is 0. The molecular weight excluding hydrogens is 180 g/mol. The maximum atomic E-state index is 8.30. The molecule has 0 heterocycles. The van der Waals surface area contributed by atoms with E-state index < -0.39 is 0 Å². The second-order valence-electron chi connectivity index (χ2n) is 2.47. The van der Waals surface area contributed by atoms with Crippen LogP contribution in [-0.4, -0.2) is 12.5 Å². The highest BCUT2D eigenvalue weighted by atomic mass is 16.5. The summed E-state index contributed by atoms with van der Waals surface area (Å²) in [6, 6.07) is 6.83. The van der Waals surface area contributed by atoms with Gasteiger partial charge in [-0.1, -0.05) is 23.3 Å². The van der Waals surface area contributed by atoms with Crippen molar-refractivity contribution >= 4 is 11.6 Å². The first-order chi connectivity index (χ1) is 6.79. The molecule has 1 N–H and O–H groups in total. The first kappa shape index (κ1) is 10.1. The minimum atomic E-state index is 0.0236. The standard InChI is InChI=1S/C9H10N4O/c1-2-14-9(10)7-5-3-4-6-8(7)12-13-11/h3-6,10H,2H2,1H3. The van der Waals surface area contributed by atoms with Gasteiger partial charge in [-0.05, 0) is 18.5 Å². The molecule has 0 saturated heterocycles. The Morgan fingerprint density at radius 2 is 2.29 bits per heavy atom. The van der Waals surface area contributed by atoms with E-state index in [4.69, 9.17) is 15.7 Å². The smallest absolute Gasteiger partial charge is 0.213 e. The zero-order chi connectivity index (χ0) is 10.4. The molecule has 1 aromatic rings. The maximum Gasteiger partial charge on any atom is 0.213 e. The molecular formula is C9H10N4O. The number of nitrogens with one attached hydrogen (secondary N) is 1. The van der Waals surface area contributed by atoms with Gasteiger partial charge in [0.25, 0.3) is 0 Å². The third-order valence-corrected chi connectivity index (χ3v) is 1.59. The molecule has 0 aromatic heterocycles. The van der Waals surface area contributed by atoms with E-state index in [9.17, 15) is 0 Å². The van der Waals surface area contributed by atoms with Crippen LogP contribution < -0.4 is 0 Å². The van der Waals surface area contributed by atoms with Crippen molar-refractivity contribution in [3.05, 3.63) is 40.3 Å². The molecule has 0 atom stereocenters. The number of hydrogen-bond acceptors (Lipinski definition) is 3. The molecule has 0 saturated carbocycles. The third-order valence-electron chi connectivity index (χ3n) is 1.59. The van der Waals surface area contributed by atoms with Crippen LogP contribution in [0.1, 0.15) is 12.5 Å². The second-order valence-corrected chi connectivity index (χ2v) is 2.47. The van der Waals surface area contributed by atoms with Gasteiger partial charge in [-0.3, -0.25) is 5.41 Å². The Labute approximate surface area is 81.5 Å². The minimum Gasteiger partial charge on any atom is -0.478 e. The molecule has 0 aliphatic rings. The summed E-state index contributed by atoms with van der Waals surface area (Å²) in [5.74, 6) is 0.0236. The van der Waals surface area contributed by atoms with Crippen molar-refractivity contribution in [2.75, 3.05) is 6.61 Å². The van der Waals surface area contributed by atoms with E-state index in [2.05, 4.69) is 10.0 Å². The molecule has 1 aromatic carbocycles. The van der Waals surface area contributed by atoms with Crippen molar-refractivity contribution in [2.24, 2.45) is 5.11 Å². The minimum absolute atomic E-state index is 0.0236. The van der Waals surface area contributed by atoms with Crippen molar-refractivity contribution in [3.8, 4) is 0 Å². The van der Waals surface area contributed by atoms with Crippen molar-refractivity contribution in [2.45, 2.75) is 6.92 Å². The fourth-order valence-electron chi connectivity index (χ4n) is 1.02. The molecule has 0 bridgehead atoms. The maximum absolute atomic E-state index is 8.30. The van der Waals surface area contributed by atoms with Crippen LogP contribution in [0.5, 0.6) is 0 Å². The van der Waals surface area contributed by atoms with Crippen molar-refractivity contribution < 1.29 is 4.74 Å². The van der Waals surface area contributed by atoms with Gasteiger partial charge in [-0.2, -0.15) is 0 Å². The lowest BCUT2D eigenvalue weighted by molar-refractivity contribution is 0.326. The van der Waals surface area contributed by atoms with Gasteiger partial charge in [0, 0.05) is 10.5 Å². The zero-order valence-electron chi connectivity index (χ0n) is 7.77. The number of rotatable bonds is 3. The predicted molar refractivity (Wildman–Crippen MR) is 53.7 cm³/mol. The first-order valence-electron chi connectivity index (χ1n) is 4.15. The molecule has 0 spiro atoms. The summed E-state index contributed by atoms with van der Waals surface area (Å²) in [5, 5.41) is 11.0. The number of ether oxygens (including phenoxy) is 1. The van der Waals surface area contributed by atoms with Crippen LogP contribution in [0.15, 0.2) is 29.4 Å². The third kappa shape index (κ3) is 2.24. The highest BCUT2D eigenvalue weighted by molar-refractivity contribution is 5.96. The second kappa shape index (κ2) is 4.89. The van der Waals surface area contributed by atoms with Gasteiger partial charge in [-0.25, -0.2) is 0 Å². The van der Waals surface area contributed by atoms with Gasteiger partial charge < -0.3 is 4.74 Å². The molecule has 0 aliphatic heterocycles. The van der Waals surface area contributed by atoms with Gasteiger partial charge in [0.1, 0.15) is 0 Å². The summed E-state index contributed by atoms with van der Waals surface area (Å²) in [6.07, 6.45) is 0. The van der Waals surface area contributed by atoms with Crippen LogP contribution in [0.4, 0.5) is 5.69 Å². The molecule has 5 heteroatoms. The molecule has 0 radical (unpaired) electrons. The zero-order valence-corrected chi connectivity index (χ0v) is 7.77. The van der Waals surface area contributed by atoms with Gasteiger partial charge in [0.05, 0.1) is 12.3 Å². The van der Waals surface area contributed by atoms with E-state index in [0.29, 0.717) is 17.9 Å². The van der Waals surface area contributed by atoms with Gasteiger partial charge in [0.2, 0.25) is 5.90 Å². The van der Waals surface area contributed by atoms with Gasteiger partial charge in [0.15, 0.2) is 0 Å². The SMILES string of the molecule is CCOC(=N)c1ccccc1N=[N+]=[N-]. The van der Waals surface area contributed by atoms with E-state index >= 15 is 0 Å². The quantitative estimate of drug-likeness (QED) is 0.257. The van der Waals surface area contributed by atoms with E-state index in [-0.39, 0.29) is 5.90 Å². The first-order valence-corrected chi connectivity index (χ1v) is 4.15. The Morgan fingerprint density at radius 1 is 1.57 bits per heavy atom. The Morgan fingerprint density at radius 3 is 2.93 bits per heavy atom. The molecule has 14 heavy (non-hydrogen) atoms. The molecule has 1 rings (SSSR count). The molecule has 72 valence electrons. The van der Waals surface area contributed by atoms with Gasteiger partial charge >= 0.3 is 0 Å². The van der Waals surface area contributed by atoms with E-state index in [1.807, 2.05) is 0 Å². The summed E-state index contributed by atoms with van der Waals surface area (Å²) in [6.45, 7) is 2.22. The van der Waals surface area contributed by atoms with Crippen molar-refractivity contribution in [1.29, 1.82) is 5.41 Å². The lowest BCUT2D eigenvalue weighted by Gasteiger charge is -2.06. The average molecular weight is 190 g/mol. The van der Waals surface area contributed by atoms with E-state index in [1.165, 1.54) is 0 Å².